The van der Waals surface area contributed by atoms with Crippen LogP contribution in [0.15, 0.2) is 6.07 Å². The summed E-state index contributed by atoms with van der Waals surface area (Å²) in [5.74, 6) is 0.287. The Morgan fingerprint density at radius 3 is 2.50 bits per heavy atom. The molecule has 0 unspecified atom stereocenters. The van der Waals surface area contributed by atoms with E-state index < -0.39 is 0 Å². The van der Waals surface area contributed by atoms with Gasteiger partial charge >= 0.3 is 0 Å². The maximum absolute atomic E-state index is 12.1. The maximum atomic E-state index is 12.1. The zero-order valence-electron chi connectivity index (χ0n) is 10.8. The van der Waals surface area contributed by atoms with Gasteiger partial charge in [0.2, 0.25) is 0 Å². The van der Waals surface area contributed by atoms with Crippen LogP contribution >= 0.6 is 0 Å². The first-order chi connectivity index (χ1) is 7.32. The molecule has 0 atom stereocenters. The van der Waals surface area contributed by atoms with Crippen LogP contribution in [0.1, 0.15) is 42.0 Å². The average molecular weight is 220 g/mol. The molecular formula is C13H20N2O. The molecule has 88 valence electrons. The van der Waals surface area contributed by atoms with Gasteiger partial charge in [0, 0.05) is 31.8 Å². The van der Waals surface area contributed by atoms with Crippen LogP contribution in [-0.4, -0.2) is 24.6 Å². The number of hydrogen-bond acceptors (Lipinski definition) is 2. The van der Waals surface area contributed by atoms with Crippen LogP contribution in [0.3, 0.4) is 0 Å². The fraction of sp³-hybridized carbons (Fsp3) is 0.615. The Kier molecular flexibility index (Phi) is 2.37. The number of nitrogens with zero attached hydrogens (tertiary/aromatic N) is 2. The SMILES string of the molecule is Cc1cc2c(n1N(C)C)CC(C)(C)CC2=O. The van der Waals surface area contributed by atoms with Crippen molar-refractivity contribution in [1.29, 1.82) is 0 Å². The van der Waals surface area contributed by atoms with Crippen molar-refractivity contribution < 1.29 is 4.79 Å². The van der Waals surface area contributed by atoms with Crippen molar-refractivity contribution >= 4 is 5.78 Å². The van der Waals surface area contributed by atoms with E-state index in [1.54, 1.807) is 0 Å². The molecule has 3 nitrogen and oxygen atoms in total. The van der Waals surface area contributed by atoms with Crippen LogP contribution in [-0.2, 0) is 6.42 Å². The van der Waals surface area contributed by atoms with Gasteiger partial charge in [-0.15, -0.1) is 0 Å². The number of rotatable bonds is 1. The average Bonchev–Trinajstić information content (AvgIpc) is 2.39. The molecule has 0 spiro atoms. The number of Topliss-reactive ketones (excluding diaryl/α,β-unsaturated/α-hetero) is 1. The fourth-order valence-corrected chi connectivity index (χ4v) is 2.69. The van der Waals surface area contributed by atoms with Crippen LogP contribution in [0.4, 0.5) is 0 Å². The lowest BCUT2D eigenvalue weighted by atomic mass is 9.76. The highest BCUT2D eigenvalue weighted by molar-refractivity contribution is 5.99. The first-order valence-electron chi connectivity index (χ1n) is 5.74. The Morgan fingerprint density at radius 1 is 1.31 bits per heavy atom. The van der Waals surface area contributed by atoms with E-state index >= 15 is 0 Å². The lowest BCUT2D eigenvalue weighted by Crippen LogP contribution is -2.33. The molecule has 16 heavy (non-hydrogen) atoms. The van der Waals surface area contributed by atoms with E-state index in [2.05, 4.69) is 25.4 Å². The summed E-state index contributed by atoms with van der Waals surface area (Å²) in [4.78, 5) is 12.1. The van der Waals surface area contributed by atoms with Crippen LogP contribution < -0.4 is 5.01 Å². The zero-order chi connectivity index (χ0) is 12.1. The predicted molar refractivity (Wildman–Crippen MR) is 65.7 cm³/mol. The molecule has 2 rings (SSSR count). The summed E-state index contributed by atoms with van der Waals surface area (Å²) >= 11 is 0. The topological polar surface area (TPSA) is 25.2 Å². The highest BCUT2D eigenvalue weighted by Gasteiger charge is 2.34. The Hall–Kier alpha value is -1.25. The van der Waals surface area contributed by atoms with Crippen molar-refractivity contribution in [3.05, 3.63) is 23.0 Å². The molecule has 1 aromatic rings. The van der Waals surface area contributed by atoms with Gasteiger partial charge in [0.15, 0.2) is 5.78 Å². The number of aryl methyl sites for hydroxylation is 1. The van der Waals surface area contributed by atoms with Gasteiger partial charge in [-0.2, -0.15) is 0 Å². The van der Waals surface area contributed by atoms with E-state index in [4.69, 9.17) is 0 Å². The Bertz CT molecular complexity index is 441. The summed E-state index contributed by atoms with van der Waals surface area (Å²) in [5.41, 5.74) is 3.32. The molecule has 0 aliphatic heterocycles. The van der Waals surface area contributed by atoms with Gasteiger partial charge < -0.3 is 5.01 Å². The molecule has 0 N–H and O–H groups in total. The third-order valence-corrected chi connectivity index (χ3v) is 3.24. The molecule has 0 fully saturated rings. The molecule has 0 saturated heterocycles. The van der Waals surface area contributed by atoms with Crippen molar-refractivity contribution in [1.82, 2.24) is 4.68 Å². The van der Waals surface area contributed by atoms with Crippen LogP contribution in [0.25, 0.3) is 0 Å². The summed E-state index contributed by atoms with van der Waals surface area (Å²) in [6.45, 7) is 6.38. The zero-order valence-corrected chi connectivity index (χ0v) is 10.8. The van der Waals surface area contributed by atoms with Gasteiger partial charge in [0.1, 0.15) is 0 Å². The summed E-state index contributed by atoms with van der Waals surface area (Å²) in [6, 6.07) is 2.02. The molecule has 0 aromatic carbocycles. The highest BCUT2D eigenvalue weighted by atomic mass is 16.1. The quantitative estimate of drug-likeness (QED) is 0.724. The van der Waals surface area contributed by atoms with Crippen molar-refractivity contribution in [2.45, 2.75) is 33.6 Å². The van der Waals surface area contributed by atoms with Crippen LogP contribution in [0.5, 0.6) is 0 Å². The molecular weight excluding hydrogens is 200 g/mol. The third kappa shape index (κ3) is 1.64. The predicted octanol–water partition coefficient (Wildman–Crippen LogP) is 2.15. The van der Waals surface area contributed by atoms with Gasteiger partial charge in [-0.05, 0) is 24.8 Å². The van der Waals surface area contributed by atoms with Gasteiger partial charge in [-0.3, -0.25) is 9.47 Å². The van der Waals surface area contributed by atoms with Gasteiger partial charge in [0.25, 0.3) is 0 Å². The second-order valence-electron chi connectivity index (χ2n) is 5.75. The number of fused-ring (bicyclic) bond motifs is 1. The number of carbonyl (C=O) groups excluding carboxylic acids is 1. The minimum atomic E-state index is 0.0859. The minimum absolute atomic E-state index is 0.0859. The first-order valence-corrected chi connectivity index (χ1v) is 5.74. The second kappa shape index (κ2) is 3.37. The van der Waals surface area contributed by atoms with Gasteiger partial charge in [-0.1, -0.05) is 13.8 Å². The Morgan fingerprint density at radius 2 is 1.94 bits per heavy atom. The Labute approximate surface area is 97.0 Å². The monoisotopic (exact) mass is 220 g/mol. The summed E-state index contributed by atoms with van der Waals surface area (Å²) in [5, 5.41) is 2.04. The van der Waals surface area contributed by atoms with Crippen molar-refractivity contribution in [3.8, 4) is 0 Å². The highest BCUT2D eigenvalue weighted by Crippen LogP contribution is 2.36. The van der Waals surface area contributed by atoms with Crippen LogP contribution in [0.2, 0.25) is 0 Å². The second-order valence-corrected chi connectivity index (χ2v) is 5.75. The summed E-state index contributed by atoms with van der Waals surface area (Å²) < 4.78 is 2.15. The van der Waals surface area contributed by atoms with E-state index in [0.717, 1.165) is 17.7 Å². The number of hydrogen-bond donors (Lipinski definition) is 0. The van der Waals surface area contributed by atoms with Crippen molar-refractivity contribution in [3.63, 3.8) is 0 Å². The molecule has 0 amide bonds. The molecule has 1 aliphatic rings. The fourth-order valence-electron chi connectivity index (χ4n) is 2.69. The molecule has 1 aliphatic carbocycles. The number of carbonyl (C=O) groups is 1. The lowest BCUT2D eigenvalue weighted by molar-refractivity contribution is 0.0910. The van der Waals surface area contributed by atoms with Crippen molar-refractivity contribution in [2.75, 3.05) is 19.1 Å². The van der Waals surface area contributed by atoms with E-state index in [-0.39, 0.29) is 11.2 Å². The largest absolute Gasteiger partial charge is 0.319 e. The summed E-state index contributed by atoms with van der Waals surface area (Å²) in [7, 11) is 4.03. The smallest absolute Gasteiger partial charge is 0.165 e. The van der Waals surface area contributed by atoms with E-state index in [1.807, 2.05) is 25.2 Å². The third-order valence-electron chi connectivity index (χ3n) is 3.24. The standard InChI is InChI=1S/C13H20N2O/c1-9-6-10-11(15(9)14(4)5)7-13(2,3)8-12(10)16/h6H,7-8H2,1-5H3. The lowest BCUT2D eigenvalue weighted by Gasteiger charge is -2.31. The number of aromatic nitrogens is 1. The van der Waals surface area contributed by atoms with Crippen molar-refractivity contribution in [2.24, 2.45) is 5.41 Å². The van der Waals surface area contributed by atoms with E-state index in [1.165, 1.54) is 5.69 Å². The van der Waals surface area contributed by atoms with Gasteiger partial charge in [-0.25, -0.2) is 0 Å². The number of ketones is 1. The maximum Gasteiger partial charge on any atom is 0.165 e. The molecule has 1 heterocycles. The first kappa shape index (κ1) is 11.2. The van der Waals surface area contributed by atoms with E-state index in [0.29, 0.717) is 6.42 Å². The van der Waals surface area contributed by atoms with Crippen LogP contribution in [0, 0.1) is 12.3 Å². The molecule has 0 saturated carbocycles. The minimum Gasteiger partial charge on any atom is -0.319 e. The molecule has 1 aromatic heterocycles. The molecule has 0 bridgehead atoms. The normalized spacial score (nSPS) is 18.4. The van der Waals surface area contributed by atoms with Gasteiger partial charge in [0.05, 0.1) is 5.69 Å². The Balaban J connectivity index is 2.58. The molecule has 0 radical (unpaired) electrons. The molecule has 3 heteroatoms. The van der Waals surface area contributed by atoms with E-state index in [9.17, 15) is 4.79 Å². The summed E-state index contributed by atoms with van der Waals surface area (Å²) in [6.07, 6.45) is 1.64.